The first-order valence-electron chi connectivity index (χ1n) is 4.32. The Bertz CT molecular complexity index is 498. The van der Waals surface area contributed by atoms with Crippen LogP contribution in [-0.4, -0.2) is 9.97 Å². The largest absolute Gasteiger partial charge is 0.397 e. The summed E-state index contributed by atoms with van der Waals surface area (Å²) in [5, 5.41) is 2.88. The van der Waals surface area contributed by atoms with Crippen LogP contribution in [0.5, 0.6) is 0 Å². The van der Waals surface area contributed by atoms with Crippen molar-refractivity contribution < 1.29 is 0 Å². The number of hydrogen-bond donors (Lipinski definition) is 1. The van der Waals surface area contributed by atoms with Crippen LogP contribution in [0.15, 0.2) is 41.8 Å². The second kappa shape index (κ2) is 3.83. The summed E-state index contributed by atoms with van der Waals surface area (Å²) in [5.41, 5.74) is 7.33. The Hall–Kier alpha value is -2.30. The van der Waals surface area contributed by atoms with Gasteiger partial charge in [0.25, 0.3) is 0 Å². The molecule has 0 unspecified atom stereocenters. The lowest BCUT2D eigenvalue weighted by molar-refractivity contribution is 1.24. The molecule has 0 aromatic carbocycles. The molecule has 0 atom stereocenters. The zero-order valence-corrected chi connectivity index (χ0v) is 7.79. The molecule has 0 aliphatic carbocycles. The summed E-state index contributed by atoms with van der Waals surface area (Å²) < 4.78 is 0. The minimum absolute atomic E-state index is 0.239. The van der Waals surface area contributed by atoms with E-state index in [1.807, 2.05) is 0 Å². The maximum atomic E-state index is 10.6. The van der Waals surface area contributed by atoms with Gasteiger partial charge in [0.1, 0.15) is 17.1 Å². The first-order valence-corrected chi connectivity index (χ1v) is 4.32. The average Bonchev–Trinajstić information content (AvgIpc) is 2.30. The molecule has 2 aromatic heterocycles. The van der Waals surface area contributed by atoms with Gasteiger partial charge in [-0.1, -0.05) is 0 Å². The molecule has 0 aliphatic heterocycles. The van der Waals surface area contributed by atoms with Crippen molar-refractivity contribution in [2.45, 2.75) is 0 Å². The molecule has 0 bridgehead atoms. The van der Waals surface area contributed by atoms with Crippen molar-refractivity contribution in [1.29, 1.82) is 0 Å². The second-order valence-electron chi connectivity index (χ2n) is 2.90. The van der Waals surface area contributed by atoms with E-state index in [0.717, 1.165) is 0 Å². The molecule has 15 heavy (non-hydrogen) atoms. The van der Waals surface area contributed by atoms with Crippen molar-refractivity contribution in [2.24, 2.45) is 5.18 Å². The van der Waals surface area contributed by atoms with Crippen LogP contribution in [0, 0.1) is 4.91 Å². The Morgan fingerprint density at radius 3 is 2.40 bits per heavy atom. The lowest BCUT2D eigenvalue weighted by atomic mass is 10.2. The van der Waals surface area contributed by atoms with Gasteiger partial charge >= 0.3 is 0 Å². The normalized spacial score (nSPS) is 9.87. The molecule has 0 spiro atoms. The average molecular weight is 200 g/mol. The summed E-state index contributed by atoms with van der Waals surface area (Å²) in [4.78, 5) is 18.7. The van der Waals surface area contributed by atoms with Crippen molar-refractivity contribution >= 4 is 11.4 Å². The first kappa shape index (κ1) is 9.26. The Balaban J connectivity index is 2.64. The second-order valence-corrected chi connectivity index (χ2v) is 2.90. The molecule has 2 rings (SSSR count). The van der Waals surface area contributed by atoms with Gasteiger partial charge in [0, 0.05) is 12.4 Å². The molecule has 5 heteroatoms. The van der Waals surface area contributed by atoms with Gasteiger partial charge in [-0.3, -0.25) is 9.97 Å². The van der Waals surface area contributed by atoms with Crippen LogP contribution in [0.3, 0.4) is 0 Å². The zero-order chi connectivity index (χ0) is 10.7. The number of nitroso groups, excluding NO2 is 1. The molecule has 0 aliphatic rings. The molecular formula is C10H8N4O. The number of rotatable bonds is 2. The quantitative estimate of drug-likeness (QED) is 0.753. The van der Waals surface area contributed by atoms with E-state index < -0.39 is 0 Å². The van der Waals surface area contributed by atoms with Gasteiger partial charge in [-0.15, -0.1) is 4.91 Å². The van der Waals surface area contributed by atoms with E-state index in [2.05, 4.69) is 15.1 Å². The summed E-state index contributed by atoms with van der Waals surface area (Å²) in [6, 6.07) is 6.63. The number of hydrogen-bond acceptors (Lipinski definition) is 5. The first-order chi connectivity index (χ1) is 7.33. The van der Waals surface area contributed by atoms with Gasteiger partial charge in [-0.25, -0.2) is 0 Å². The van der Waals surface area contributed by atoms with Gasteiger partial charge in [-0.05, 0) is 29.4 Å². The molecule has 0 saturated heterocycles. The van der Waals surface area contributed by atoms with Gasteiger partial charge in [0.2, 0.25) is 0 Å². The van der Waals surface area contributed by atoms with E-state index in [0.29, 0.717) is 17.1 Å². The molecule has 74 valence electrons. The standard InChI is InChI=1S/C10H8N4O/c11-7-3-1-5-12-9(7)10-8(14-15)4-2-6-13-10/h1-6H,11H2. The molecule has 2 N–H and O–H groups in total. The van der Waals surface area contributed by atoms with Crippen molar-refractivity contribution in [3.05, 3.63) is 41.6 Å². The van der Waals surface area contributed by atoms with E-state index in [1.54, 1.807) is 36.7 Å². The number of nitrogen functional groups attached to an aromatic ring is 1. The van der Waals surface area contributed by atoms with Crippen LogP contribution < -0.4 is 5.73 Å². The van der Waals surface area contributed by atoms with Crippen molar-refractivity contribution in [3.8, 4) is 11.4 Å². The lowest BCUT2D eigenvalue weighted by Crippen LogP contribution is -1.94. The monoisotopic (exact) mass is 200 g/mol. The SMILES string of the molecule is Nc1cccnc1-c1ncccc1N=O. The molecule has 0 saturated carbocycles. The maximum Gasteiger partial charge on any atom is 0.135 e. The molecule has 2 aromatic rings. The third-order valence-corrected chi connectivity index (χ3v) is 1.95. The molecule has 0 radical (unpaired) electrons. The third-order valence-electron chi connectivity index (χ3n) is 1.95. The van der Waals surface area contributed by atoms with Gasteiger partial charge < -0.3 is 5.73 Å². The van der Waals surface area contributed by atoms with Crippen molar-refractivity contribution in [1.82, 2.24) is 9.97 Å². The molecule has 5 nitrogen and oxygen atoms in total. The molecular weight excluding hydrogens is 192 g/mol. The number of pyridine rings is 2. The van der Waals surface area contributed by atoms with Gasteiger partial charge in [0.15, 0.2) is 0 Å². The number of aromatic nitrogens is 2. The number of anilines is 1. The van der Waals surface area contributed by atoms with E-state index in [4.69, 9.17) is 5.73 Å². The highest BCUT2D eigenvalue weighted by atomic mass is 16.3. The fraction of sp³-hybridized carbons (Fsp3) is 0. The van der Waals surface area contributed by atoms with E-state index in [9.17, 15) is 4.91 Å². The topological polar surface area (TPSA) is 81.2 Å². The van der Waals surface area contributed by atoms with E-state index in [-0.39, 0.29) is 5.69 Å². The third kappa shape index (κ3) is 1.67. The minimum Gasteiger partial charge on any atom is -0.397 e. The fourth-order valence-corrected chi connectivity index (χ4v) is 1.27. The van der Waals surface area contributed by atoms with Crippen LogP contribution in [0.25, 0.3) is 11.4 Å². The number of nitrogens with two attached hydrogens (primary N) is 1. The fourth-order valence-electron chi connectivity index (χ4n) is 1.27. The highest BCUT2D eigenvalue weighted by Crippen LogP contribution is 2.29. The van der Waals surface area contributed by atoms with Gasteiger partial charge in [0.05, 0.1) is 5.69 Å². The minimum atomic E-state index is 0.239. The summed E-state index contributed by atoms with van der Waals surface area (Å²) >= 11 is 0. The highest BCUT2D eigenvalue weighted by molar-refractivity contribution is 5.77. The highest BCUT2D eigenvalue weighted by Gasteiger charge is 2.10. The van der Waals surface area contributed by atoms with Crippen molar-refractivity contribution in [2.75, 3.05) is 5.73 Å². The smallest absolute Gasteiger partial charge is 0.135 e. The van der Waals surface area contributed by atoms with Crippen LogP contribution in [0.2, 0.25) is 0 Å². The Morgan fingerprint density at radius 2 is 1.73 bits per heavy atom. The van der Waals surface area contributed by atoms with Crippen LogP contribution in [0.4, 0.5) is 11.4 Å². The summed E-state index contributed by atoms with van der Waals surface area (Å²) in [5.74, 6) is 0. The Morgan fingerprint density at radius 1 is 1.07 bits per heavy atom. The predicted octanol–water partition coefficient (Wildman–Crippen LogP) is 2.12. The zero-order valence-electron chi connectivity index (χ0n) is 7.79. The summed E-state index contributed by atoms with van der Waals surface area (Å²) in [6.07, 6.45) is 3.16. The van der Waals surface area contributed by atoms with Crippen molar-refractivity contribution in [3.63, 3.8) is 0 Å². The molecule has 2 heterocycles. The van der Waals surface area contributed by atoms with Crippen LogP contribution in [-0.2, 0) is 0 Å². The van der Waals surface area contributed by atoms with Crippen LogP contribution in [0.1, 0.15) is 0 Å². The molecule has 0 fully saturated rings. The lowest BCUT2D eigenvalue weighted by Gasteiger charge is -2.03. The summed E-state index contributed by atoms with van der Waals surface area (Å²) in [6.45, 7) is 0. The predicted molar refractivity (Wildman–Crippen MR) is 57.3 cm³/mol. The Kier molecular flexibility index (Phi) is 2.37. The number of nitrogens with zero attached hydrogens (tertiary/aromatic N) is 3. The van der Waals surface area contributed by atoms with E-state index >= 15 is 0 Å². The Labute approximate surface area is 86.0 Å². The maximum absolute atomic E-state index is 10.6. The summed E-state index contributed by atoms with van der Waals surface area (Å²) in [7, 11) is 0. The molecule has 0 amide bonds. The van der Waals surface area contributed by atoms with E-state index in [1.165, 1.54) is 0 Å². The van der Waals surface area contributed by atoms with Gasteiger partial charge in [-0.2, -0.15) is 0 Å². The van der Waals surface area contributed by atoms with Crippen LogP contribution >= 0.6 is 0 Å².